The van der Waals surface area contributed by atoms with Gasteiger partial charge in [0, 0.05) is 0 Å². The van der Waals surface area contributed by atoms with Gasteiger partial charge in [-0.2, -0.15) is 0 Å². The highest BCUT2D eigenvalue weighted by molar-refractivity contribution is 7.58. The fourth-order valence-electron chi connectivity index (χ4n) is 0.0208. The molecule has 0 spiro atoms. The highest BCUT2D eigenvalue weighted by Gasteiger charge is 1.68. The Morgan fingerprint density at radius 3 is 1.67 bits per heavy atom. The average Bonchev–Trinajstić information content (AvgIpc) is 1.65. The first-order chi connectivity index (χ1) is 2.81. The van der Waals surface area contributed by atoms with Crippen molar-refractivity contribution in [1.82, 2.24) is 9.44 Å². The van der Waals surface area contributed by atoms with Crippen molar-refractivity contribution in [2.75, 3.05) is 0 Å². The van der Waals surface area contributed by atoms with E-state index >= 15 is 0 Å². The maximum absolute atomic E-state index is 9.75. The van der Waals surface area contributed by atoms with Crippen molar-refractivity contribution in [1.29, 1.82) is 0 Å². The zero-order valence-electron chi connectivity index (χ0n) is 2.72. The van der Waals surface area contributed by atoms with E-state index in [1.165, 1.54) is 0 Å². The SMILES string of the molecule is O=C(N[S-])N[S-]. The van der Waals surface area contributed by atoms with Crippen LogP contribution in [0.2, 0.25) is 0 Å². The Bertz CT molecular complexity index is 49.5. The van der Waals surface area contributed by atoms with Crippen LogP contribution in [0.25, 0.3) is 0 Å². The summed E-state index contributed by atoms with van der Waals surface area (Å²) in [5.41, 5.74) is 0. The molecule has 0 atom stereocenters. The Balaban J connectivity index is 2.99. The maximum atomic E-state index is 9.75. The third-order valence-electron chi connectivity index (χ3n) is 0.185. The number of nitrogens with one attached hydrogen (secondary N) is 2. The van der Waals surface area contributed by atoms with Crippen LogP contribution in [0.3, 0.4) is 0 Å². The molecule has 3 nitrogen and oxygen atoms in total. The lowest BCUT2D eigenvalue weighted by Crippen LogP contribution is -2.26. The summed E-state index contributed by atoms with van der Waals surface area (Å²) in [6.45, 7) is 0. The Kier molecular flexibility index (Phi) is 3.16. The van der Waals surface area contributed by atoms with Crippen LogP contribution in [0.4, 0.5) is 4.79 Å². The lowest BCUT2D eigenvalue weighted by Gasteiger charge is -2.11. The van der Waals surface area contributed by atoms with Crippen molar-refractivity contribution in [3.8, 4) is 0 Å². The molecule has 0 radical (unpaired) electrons. The van der Waals surface area contributed by atoms with Gasteiger partial charge in [-0.25, -0.2) is 0 Å². The van der Waals surface area contributed by atoms with E-state index in [1.54, 1.807) is 0 Å². The van der Waals surface area contributed by atoms with Gasteiger partial charge in [0.15, 0.2) is 0 Å². The first-order valence-electron chi connectivity index (χ1n) is 1.11. The number of amides is 2. The minimum absolute atomic E-state index is 0.528. The van der Waals surface area contributed by atoms with E-state index in [1.807, 2.05) is 9.44 Å². The van der Waals surface area contributed by atoms with Crippen molar-refractivity contribution in [2.45, 2.75) is 0 Å². The van der Waals surface area contributed by atoms with Gasteiger partial charge in [0.1, 0.15) is 0 Å². The van der Waals surface area contributed by atoms with Gasteiger partial charge in [-0.05, 0) is 0 Å². The molecule has 0 bridgehead atoms. The van der Waals surface area contributed by atoms with Crippen molar-refractivity contribution in [3.63, 3.8) is 0 Å². The second-order valence-corrected chi connectivity index (χ2v) is 0.941. The van der Waals surface area contributed by atoms with Crippen LogP contribution < -0.4 is 9.44 Å². The Morgan fingerprint density at radius 1 is 1.33 bits per heavy atom. The van der Waals surface area contributed by atoms with Crippen LogP contribution >= 0.6 is 0 Å². The molecular weight excluding hydrogens is 120 g/mol. The number of rotatable bonds is 0. The molecule has 0 unspecified atom stereocenters. The summed E-state index contributed by atoms with van der Waals surface area (Å²) >= 11 is 8.09. The molecule has 6 heavy (non-hydrogen) atoms. The van der Waals surface area contributed by atoms with E-state index in [4.69, 9.17) is 0 Å². The molecule has 36 valence electrons. The van der Waals surface area contributed by atoms with Crippen LogP contribution in [0.15, 0.2) is 0 Å². The van der Waals surface area contributed by atoms with E-state index in [0.717, 1.165) is 0 Å². The topological polar surface area (TPSA) is 41.1 Å². The van der Waals surface area contributed by atoms with Crippen LogP contribution in [-0.4, -0.2) is 6.03 Å². The number of carbonyl (C=O) groups is 1. The van der Waals surface area contributed by atoms with Crippen LogP contribution in [0.1, 0.15) is 0 Å². The van der Waals surface area contributed by atoms with Crippen molar-refractivity contribution < 1.29 is 4.79 Å². The summed E-state index contributed by atoms with van der Waals surface area (Å²) in [6, 6.07) is -0.528. The summed E-state index contributed by atoms with van der Waals surface area (Å²) in [4.78, 5) is 9.75. The summed E-state index contributed by atoms with van der Waals surface area (Å²) in [7, 11) is 0. The smallest absolute Gasteiger partial charge is 0.270 e. The molecule has 0 aliphatic heterocycles. The second kappa shape index (κ2) is 3.17. The van der Waals surface area contributed by atoms with Gasteiger partial charge in [0.25, 0.3) is 6.03 Å². The monoisotopic (exact) mass is 122 g/mol. The van der Waals surface area contributed by atoms with Gasteiger partial charge in [-0.3, -0.25) is 4.79 Å². The van der Waals surface area contributed by atoms with E-state index in [0.29, 0.717) is 0 Å². The molecule has 0 heterocycles. The molecule has 2 N–H and O–H groups in total. The average molecular weight is 122 g/mol. The highest BCUT2D eigenvalue weighted by atomic mass is 32.1. The molecule has 0 aliphatic carbocycles. The Labute approximate surface area is 46.6 Å². The highest BCUT2D eigenvalue weighted by Crippen LogP contribution is 1.51. The second-order valence-electron chi connectivity index (χ2n) is 0.533. The fourth-order valence-corrected chi connectivity index (χ4v) is 0.187. The van der Waals surface area contributed by atoms with Gasteiger partial charge in [-0.15, -0.1) is 0 Å². The van der Waals surface area contributed by atoms with Gasteiger partial charge in [-0.1, -0.05) is 0 Å². The Morgan fingerprint density at radius 2 is 1.67 bits per heavy atom. The molecule has 0 rings (SSSR count). The minimum atomic E-state index is -0.528. The molecule has 0 fully saturated rings. The molecule has 2 amide bonds. The first-order valence-corrected chi connectivity index (χ1v) is 1.93. The summed E-state index contributed by atoms with van der Waals surface area (Å²) in [6.07, 6.45) is 0. The van der Waals surface area contributed by atoms with Crippen molar-refractivity contribution in [3.05, 3.63) is 0 Å². The molecule has 0 aromatic carbocycles. The summed E-state index contributed by atoms with van der Waals surface area (Å²) in [5.74, 6) is 0. The summed E-state index contributed by atoms with van der Waals surface area (Å²) in [5, 5.41) is 0. The number of hydrogen-bond donors (Lipinski definition) is 2. The fraction of sp³-hybridized carbons (Fsp3) is 0. The number of carbonyl (C=O) groups excluding carboxylic acids is 1. The summed E-state index contributed by atoms with van der Waals surface area (Å²) < 4.78 is 3.69. The normalized spacial score (nSPS) is 7.00. The number of hydrogen-bond acceptors (Lipinski definition) is 3. The largest absolute Gasteiger partial charge is 0.666 e. The molecule has 0 saturated carbocycles. The predicted molar refractivity (Wildman–Crippen MR) is 26.4 cm³/mol. The zero-order valence-corrected chi connectivity index (χ0v) is 4.36. The maximum Gasteiger partial charge on any atom is 0.270 e. The lowest BCUT2D eigenvalue weighted by molar-refractivity contribution is 0.252. The molecule has 0 aliphatic rings. The van der Waals surface area contributed by atoms with Crippen molar-refractivity contribution >= 4 is 31.7 Å². The molecule has 0 aromatic heterocycles. The van der Waals surface area contributed by atoms with E-state index in [9.17, 15) is 4.79 Å². The molecule has 0 aromatic rings. The standard InChI is InChI=1S/CH2N2OS2/c4-1(2-5)3-6/h(H2-2,2,3,4,5,6)/q-2. The van der Waals surface area contributed by atoms with E-state index in [-0.39, 0.29) is 0 Å². The van der Waals surface area contributed by atoms with Gasteiger partial charge < -0.3 is 35.1 Å². The van der Waals surface area contributed by atoms with Gasteiger partial charge >= 0.3 is 0 Å². The van der Waals surface area contributed by atoms with Gasteiger partial charge in [0.2, 0.25) is 0 Å². The molecule has 0 saturated heterocycles. The lowest BCUT2D eigenvalue weighted by atomic mass is 11.2. The predicted octanol–water partition coefficient (Wildman–Crippen LogP) is -0.791. The van der Waals surface area contributed by atoms with E-state index in [2.05, 4.69) is 25.6 Å². The molecule has 5 heteroatoms. The number of urea groups is 1. The molecular formula is CH2N2OS2-2. The van der Waals surface area contributed by atoms with Gasteiger partial charge in [0.05, 0.1) is 0 Å². The third-order valence-corrected chi connectivity index (χ3v) is 0.556. The van der Waals surface area contributed by atoms with E-state index < -0.39 is 6.03 Å². The van der Waals surface area contributed by atoms with Crippen LogP contribution in [-0.2, 0) is 25.6 Å². The minimum Gasteiger partial charge on any atom is -0.666 e. The quantitative estimate of drug-likeness (QED) is 0.414. The Hall–Kier alpha value is -0.0300. The zero-order chi connectivity index (χ0) is 4.99. The third kappa shape index (κ3) is 2.22. The van der Waals surface area contributed by atoms with Crippen LogP contribution in [0.5, 0.6) is 0 Å². The first kappa shape index (κ1) is 5.97. The van der Waals surface area contributed by atoms with Crippen LogP contribution in [0, 0.1) is 0 Å². The van der Waals surface area contributed by atoms with Crippen molar-refractivity contribution in [2.24, 2.45) is 0 Å².